The third-order valence-corrected chi connectivity index (χ3v) is 6.16. The molecule has 5 rings (SSSR count). The monoisotopic (exact) mass is 405 g/mol. The van der Waals surface area contributed by atoms with Crippen LogP contribution in [0.1, 0.15) is 34.9 Å². The number of fused-ring (bicyclic) bond motifs is 1. The zero-order valence-corrected chi connectivity index (χ0v) is 17.1. The van der Waals surface area contributed by atoms with Crippen LogP contribution in [-0.2, 0) is 11.3 Å². The predicted molar refractivity (Wildman–Crippen MR) is 114 cm³/mol. The van der Waals surface area contributed by atoms with Crippen LogP contribution in [0.15, 0.2) is 48.7 Å². The minimum atomic E-state index is -0.0482. The van der Waals surface area contributed by atoms with Crippen molar-refractivity contribution in [3.63, 3.8) is 0 Å². The predicted octanol–water partition coefficient (Wildman–Crippen LogP) is 2.74. The number of morpholine rings is 1. The van der Waals surface area contributed by atoms with Gasteiger partial charge in [0, 0.05) is 26.2 Å². The van der Waals surface area contributed by atoms with Crippen molar-refractivity contribution in [2.24, 2.45) is 0 Å². The van der Waals surface area contributed by atoms with Crippen molar-refractivity contribution in [1.29, 1.82) is 0 Å². The number of ether oxygens (including phenoxy) is 1. The Hall–Kier alpha value is -2.77. The molecule has 1 amide bonds. The molecule has 0 N–H and O–H groups in total. The first-order valence-electron chi connectivity index (χ1n) is 10.8. The summed E-state index contributed by atoms with van der Waals surface area (Å²) in [6, 6.07) is 15.3. The molecule has 2 aliphatic heterocycles. The van der Waals surface area contributed by atoms with Crippen LogP contribution >= 0.6 is 0 Å². The van der Waals surface area contributed by atoms with Crippen molar-refractivity contribution >= 4 is 16.7 Å². The molecule has 30 heavy (non-hydrogen) atoms. The van der Waals surface area contributed by atoms with Gasteiger partial charge in [-0.05, 0) is 35.7 Å². The van der Waals surface area contributed by atoms with Gasteiger partial charge in [-0.25, -0.2) is 4.68 Å². The summed E-state index contributed by atoms with van der Waals surface area (Å²) in [6.07, 6.45) is 3.99. The van der Waals surface area contributed by atoms with E-state index in [0.717, 1.165) is 32.5 Å². The van der Waals surface area contributed by atoms with Gasteiger partial charge in [0.2, 0.25) is 0 Å². The summed E-state index contributed by atoms with van der Waals surface area (Å²) in [6.45, 7) is 5.33. The molecule has 3 heterocycles. The molecule has 2 saturated heterocycles. The maximum Gasteiger partial charge on any atom is 0.276 e. The van der Waals surface area contributed by atoms with Crippen LogP contribution in [0.4, 0.5) is 0 Å². The average Bonchev–Trinajstić information content (AvgIpc) is 3.30. The number of hydrogen-bond acceptors (Lipinski definition) is 5. The lowest BCUT2D eigenvalue weighted by Crippen LogP contribution is -2.40. The molecule has 2 aliphatic rings. The summed E-state index contributed by atoms with van der Waals surface area (Å²) in [5, 5.41) is 11.1. The van der Waals surface area contributed by atoms with Gasteiger partial charge < -0.3 is 9.64 Å². The van der Waals surface area contributed by atoms with Crippen molar-refractivity contribution in [2.45, 2.75) is 25.4 Å². The third-order valence-electron chi connectivity index (χ3n) is 6.16. The number of rotatable bonds is 4. The zero-order chi connectivity index (χ0) is 20.3. The summed E-state index contributed by atoms with van der Waals surface area (Å²) in [5.74, 6) is -0.0482. The molecule has 7 heteroatoms. The Labute approximate surface area is 176 Å². The van der Waals surface area contributed by atoms with E-state index in [1.54, 1.807) is 4.90 Å². The molecule has 1 atom stereocenters. The van der Waals surface area contributed by atoms with Gasteiger partial charge in [0.05, 0.1) is 25.5 Å². The number of nitrogens with zero attached hydrogens (tertiary/aromatic N) is 5. The minimum absolute atomic E-state index is 0.0482. The van der Waals surface area contributed by atoms with Gasteiger partial charge in [0.15, 0.2) is 5.69 Å². The summed E-state index contributed by atoms with van der Waals surface area (Å²) >= 11 is 0. The smallest absolute Gasteiger partial charge is 0.276 e. The first-order valence-corrected chi connectivity index (χ1v) is 10.8. The first kappa shape index (κ1) is 19.2. The highest BCUT2D eigenvalue weighted by Gasteiger charge is 2.26. The van der Waals surface area contributed by atoms with Gasteiger partial charge in [-0.15, -0.1) is 5.10 Å². The second kappa shape index (κ2) is 8.53. The molecule has 0 aliphatic carbocycles. The van der Waals surface area contributed by atoms with Crippen LogP contribution in [0, 0.1) is 0 Å². The van der Waals surface area contributed by atoms with E-state index < -0.39 is 0 Å². The van der Waals surface area contributed by atoms with Crippen LogP contribution in [0.3, 0.4) is 0 Å². The SMILES string of the molecule is O=C(c1cn(C2CCCN(Cc3cccc4ccccc34)C2)nn1)N1CCOCC1. The fourth-order valence-corrected chi connectivity index (χ4v) is 4.54. The molecule has 2 aromatic carbocycles. The van der Waals surface area contributed by atoms with E-state index in [-0.39, 0.29) is 11.9 Å². The number of carbonyl (C=O) groups excluding carboxylic acids is 1. The summed E-state index contributed by atoms with van der Waals surface area (Å²) < 4.78 is 7.22. The summed E-state index contributed by atoms with van der Waals surface area (Å²) in [5.41, 5.74) is 1.79. The second-order valence-electron chi connectivity index (χ2n) is 8.16. The molecular weight excluding hydrogens is 378 g/mol. The lowest BCUT2D eigenvalue weighted by Gasteiger charge is -2.32. The topological polar surface area (TPSA) is 63.5 Å². The second-order valence-corrected chi connectivity index (χ2v) is 8.16. The van der Waals surface area contributed by atoms with Crippen molar-refractivity contribution in [1.82, 2.24) is 24.8 Å². The number of carbonyl (C=O) groups is 1. The summed E-state index contributed by atoms with van der Waals surface area (Å²) in [7, 11) is 0. The Balaban J connectivity index is 1.28. The van der Waals surface area contributed by atoms with Crippen LogP contribution < -0.4 is 0 Å². The van der Waals surface area contributed by atoms with Crippen molar-refractivity contribution < 1.29 is 9.53 Å². The maximum absolute atomic E-state index is 12.7. The number of aromatic nitrogens is 3. The highest BCUT2D eigenvalue weighted by atomic mass is 16.5. The number of amides is 1. The quantitative estimate of drug-likeness (QED) is 0.668. The standard InChI is InChI=1S/C23H27N5O2/c29-23(27-11-13-30-14-12-27)22-17-28(25-24-22)20-8-4-10-26(16-20)15-19-7-3-6-18-5-1-2-9-21(18)19/h1-3,5-7,9,17,20H,4,8,10-16H2. The summed E-state index contributed by atoms with van der Waals surface area (Å²) in [4.78, 5) is 17.0. The molecule has 1 aromatic heterocycles. The Morgan fingerprint density at radius 1 is 1.07 bits per heavy atom. The van der Waals surface area contributed by atoms with Gasteiger partial charge in [0.1, 0.15) is 0 Å². The number of benzene rings is 2. The maximum atomic E-state index is 12.7. The first-order chi connectivity index (χ1) is 14.8. The molecule has 156 valence electrons. The van der Waals surface area contributed by atoms with Crippen molar-refractivity contribution in [2.75, 3.05) is 39.4 Å². The molecule has 3 aromatic rings. The van der Waals surface area contributed by atoms with Crippen LogP contribution in [0.5, 0.6) is 0 Å². The Bertz CT molecular complexity index is 1020. The van der Waals surface area contributed by atoms with E-state index in [1.807, 2.05) is 10.9 Å². The number of likely N-dealkylation sites (tertiary alicyclic amines) is 1. The average molecular weight is 406 g/mol. The molecule has 1 unspecified atom stereocenters. The van der Waals surface area contributed by atoms with Crippen molar-refractivity contribution in [3.05, 3.63) is 59.9 Å². The van der Waals surface area contributed by atoms with E-state index in [9.17, 15) is 4.79 Å². The zero-order valence-electron chi connectivity index (χ0n) is 17.1. The third kappa shape index (κ3) is 3.95. The number of piperidine rings is 1. The van der Waals surface area contributed by atoms with Gasteiger partial charge in [-0.2, -0.15) is 0 Å². The van der Waals surface area contributed by atoms with E-state index >= 15 is 0 Å². The molecule has 0 radical (unpaired) electrons. The largest absolute Gasteiger partial charge is 0.378 e. The molecule has 0 saturated carbocycles. The van der Waals surface area contributed by atoms with E-state index in [4.69, 9.17) is 4.74 Å². The fourth-order valence-electron chi connectivity index (χ4n) is 4.54. The highest BCUT2D eigenvalue weighted by molar-refractivity contribution is 5.92. The minimum Gasteiger partial charge on any atom is -0.378 e. The van der Waals surface area contributed by atoms with Gasteiger partial charge in [0.25, 0.3) is 5.91 Å². The Kier molecular flexibility index (Phi) is 5.46. The molecule has 2 fully saturated rings. The Morgan fingerprint density at radius 3 is 2.80 bits per heavy atom. The lowest BCUT2D eigenvalue weighted by molar-refractivity contribution is 0.0299. The van der Waals surface area contributed by atoms with Gasteiger partial charge in [-0.3, -0.25) is 9.69 Å². The van der Waals surface area contributed by atoms with E-state index in [1.165, 1.54) is 16.3 Å². The molecular formula is C23H27N5O2. The van der Waals surface area contributed by atoms with Gasteiger partial charge in [-0.1, -0.05) is 47.7 Å². The lowest BCUT2D eigenvalue weighted by atomic mass is 10.0. The van der Waals surface area contributed by atoms with E-state index in [2.05, 4.69) is 57.7 Å². The van der Waals surface area contributed by atoms with Crippen LogP contribution in [-0.4, -0.2) is 70.1 Å². The molecule has 7 nitrogen and oxygen atoms in total. The van der Waals surface area contributed by atoms with Crippen molar-refractivity contribution in [3.8, 4) is 0 Å². The number of hydrogen-bond donors (Lipinski definition) is 0. The van der Waals surface area contributed by atoms with Crippen LogP contribution in [0.2, 0.25) is 0 Å². The van der Waals surface area contributed by atoms with Crippen LogP contribution in [0.25, 0.3) is 10.8 Å². The van der Waals surface area contributed by atoms with E-state index in [0.29, 0.717) is 32.0 Å². The Morgan fingerprint density at radius 2 is 1.90 bits per heavy atom. The van der Waals surface area contributed by atoms with Gasteiger partial charge >= 0.3 is 0 Å². The highest BCUT2D eigenvalue weighted by Crippen LogP contribution is 2.25. The fraction of sp³-hybridized carbons (Fsp3) is 0.435. The molecule has 0 spiro atoms. The normalized spacial score (nSPS) is 20.5. The molecule has 0 bridgehead atoms.